The number of nitrogens with one attached hydrogen (secondary N) is 2. The zero-order valence-electron chi connectivity index (χ0n) is 12.3. The van der Waals surface area contributed by atoms with Gasteiger partial charge in [-0.1, -0.05) is 13.8 Å². The van der Waals surface area contributed by atoms with Crippen molar-refractivity contribution in [2.45, 2.75) is 38.8 Å². The lowest BCUT2D eigenvalue weighted by molar-refractivity contribution is -0.139. The van der Waals surface area contributed by atoms with E-state index in [1.165, 1.54) is 0 Å². The molecule has 20 heavy (non-hydrogen) atoms. The van der Waals surface area contributed by atoms with Crippen molar-refractivity contribution in [3.05, 3.63) is 0 Å². The first-order chi connectivity index (χ1) is 9.50. The van der Waals surface area contributed by atoms with Crippen LogP contribution in [-0.4, -0.2) is 60.1 Å². The summed E-state index contributed by atoms with van der Waals surface area (Å²) in [6.07, 6.45) is 0.976. The van der Waals surface area contributed by atoms with Gasteiger partial charge < -0.3 is 20.6 Å². The van der Waals surface area contributed by atoms with E-state index in [0.717, 1.165) is 13.0 Å². The molecule has 0 spiro atoms. The molecular weight excluding hydrogens is 258 g/mol. The van der Waals surface area contributed by atoms with Gasteiger partial charge in [-0.25, -0.2) is 0 Å². The highest BCUT2D eigenvalue weighted by atomic mass is 16.3. The summed E-state index contributed by atoms with van der Waals surface area (Å²) in [6.45, 7) is 6.35. The number of aliphatic hydroxyl groups excluding tert-OH is 1. The first-order valence-corrected chi connectivity index (χ1v) is 7.46. The van der Waals surface area contributed by atoms with Crippen molar-refractivity contribution in [2.75, 3.05) is 26.2 Å². The molecule has 0 radical (unpaired) electrons. The van der Waals surface area contributed by atoms with Gasteiger partial charge in [0.05, 0.1) is 6.10 Å². The van der Waals surface area contributed by atoms with Crippen LogP contribution in [0, 0.1) is 11.8 Å². The molecule has 2 rings (SSSR count). The van der Waals surface area contributed by atoms with Crippen LogP contribution < -0.4 is 10.6 Å². The molecule has 0 aliphatic carbocycles. The molecular formula is C14H25N3O3. The van der Waals surface area contributed by atoms with Crippen LogP contribution in [0.25, 0.3) is 0 Å². The fourth-order valence-corrected chi connectivity index (χ4v) is 3.03. The van der Waals surface area contributed by atoms with Crippen molar-refractivity contribution < 1.29 is 14.7 Å². The lowest BCUT2D eigenvalue weighted by Gasteiger charge is -2.30. The van der Waals surface area contributed by atoms with E-state index in [9.17, 15) is 14.7 Å². The maximum Gasteiger partial charge on any atom is 0.243 e. The number of carbonyl (C=O) groups is 2. The number of amides is 2. The Balaban J connectivity index is 1.91. The van der Waals surface area contributed by atoms with E-state index in [1.54, 1.807) is 4.90 Å². The number of nitrogens with zero attached hydrogens (tertiary/aromatic N) is 1. The second-order valence-corrected chi connectivity index (χ2v) is 6.11. The summed E-state index contributed by atoms with van der Waals surface area (Å²) < 4.78 is 0. The molecule has 3 unspecified atom stereocenters. The average Bonchev–Trinajstić information content (AvgIpc) is 2.97. The van der Waals surface area contributed by atoms with Crippen LogP contribution >= 0.6 is 0 Å². The Kier molecular flexibility index (Phi) is 4.99. The molecule has 6 heteroatoms. The van der Waals surface area contributed by atoms with Gasteiger partial charge in [0.2, 0.25) is 11.8 Å². The summed E-state index contributed by atoms with van der Waals surface area (Å²) in [5.74, 6) is 0.112. The SMILES string of the molecule is CC(C)C(C(=O)NCC1CNCC1O)N1CCCC1=O. The molecule has 0 aromatic carbocycles. The highest BCUT2D eigenvalue weighted by Crippen LogP contribution is 2.19. The third-order valence-electron chi connectivity index (χ3n) is 4.19. The zero-order chi connectivity index (χ0) is 14.7. The quantitative estimate of drug-likeness (QED) is 0.625. The topological polar surface area (TPSA) is 81.7 Å². The van der Waals surface area contributed by atoms with Crippen LogP contribution in [0.2, 0.25) is 0 Å². The summed E-state index contributed by atoms with van der Waals surface area (Å²) in [4.78, 5) is 25.9. The molecule has 0 aromatic rings. The Morgan fingerprint density at radius 3 is 2.75 bits per heavy atom. The summed E-state index contributed by atoms with van der Waals surface area (Å²) >= 11 is 0. The minimum Gasteiger partial charge on any atom is -0.391 e. The van der Waals surface area contributed by atoms with Gasteiger partial charge in [0.1, 0.15) is 6.04 Å². The van der Waals surface area contributed by atoms with Gasteiger partial charge in [0, 0.05) is 38.5 Å². The van der Waals surface area contributed by atoms with Crippen molar-refractivity contribution in [1.29, 1.82) is 0 Å². The standard InChI is InChI=1S/C14H25N3O3/c1-9(2)13(17-5-3-4-12(17)19)14(20)16-7-10-6-15-8-11(10)18/h9-11,13,15,18H,3-8H2,1-2H3,(H,16,20). The van der Waals surface area contributed by atoms with E-state index in [1.807, 2.05) is 13.8 Å². The molecule has 6 nitrogen and oxygen atoms in total. The van der Waals surface area contributed by atoms with Gasteiger partial charge in [-0.15, -0.1) is 0 Å². The second kappa shape index (κ2) is 6.54. The molecule has 2 heterocycles. The van der Waals surface area contributed by atoms with Gasteiger partial charge in [-0.3, -0.25) is 9.59 Å². The van der Waals surface area contributed by atoms with E-state index >= 15 is 0 Å². The molecule has 2 aliphatic heterocycles. The zero-order valence-corrected chi connectivity index (χ0v) is 12.3. The Bertz CT molecular complexity index is 373. The van der Waals surface area contributed by atoms with Gasteiger partial charge >= 0.3 is 0 Å². The van der Waals surface area contributed by atoms with Crippen LogP contribution in [0.4, 0.5) is 0 Å². The van der Waals surface area contributed by atoms with Crippen LogP contribution in [0.3, 0.4) is 0 Å². The number of aliphatic hydroxyl groups is 1. The van der Waals surface area contributed by atoms with Gasteiger partial charge in [-0.2, -0.15) is 0 Å². The monoisotopic (exact) mass is 283 g/mol. The maximum atomic E-state index is 12.4. The summed E-state index contributed by atoms with van der Waals surface area (Å²) in [5.41, 5.74) is 0. The number of hydrogen-bond acceptors (Lipinski definition) is 4. The van der Waals surface area contributed by atoms with Crippen LogP contribution in [0.15, 0.2) is 0 Å². The molecule has 3 N–H and O–H groups in total. The molecule has 2 fully saturated rings. The predicted molar refractivity (Wildman–Crippen MR) is 74.9 cm³/mol. The molecule has 2 amide bonds. The first kappa shape index (κ1) is 15.3. The van der Waals surface area contributed by atoms with E-state index in [4.69, 9.17) is 0 Å². The number of rotatable bonds is 5. The van der Waals surface area contributed by atoms with Crippen molar-refractivity contribution in [3.8, 4) is 0 Å². The fraction of sp³-hybridized carbons (Fsp3) is 0.857. The predicted octanol–water partition coefficient (Wildman–Crippen LogP) is -0.670. The second-order valence-electron chi connectivity index (χ2n) is 6.11. The summed E-state index contributed by atoms with van der Waals surface area (Å²) in [7, 11) is 0. The van der Waals surface area contributed by atoms with Crippen molar-refractivity contribution >= 4 is 11.8 Å². The molecule has 0 aromatic heterocycles. The maximum absolute atomic E-state index is 12.4. The number of β-amino-alcohol motifs (C(OH)–C–C–N with tert-alkyl or cyclic N) is 1. The Hall–Kier alpha value is -1.14. The van der Waals surface area contributed by atoms with E-state index in [-0.39, 0.29) is 23.7 Å². The highest BCUT2D eigenvalue weighted by molar-refractivity contribution is 5.88. The van der Waals surface area contributed by atoms with Crippen LogP contribution in [0.1, 0.15) is 26.7 Å². The highest BCUT2D eigenvalue weighted by Gasteiger charge is 2.35. The lowest BCUT2D eigenvalue weighted by atomic mass is 10.0. The molecule has 114 valence electrons. The minimum atomic E-state index is -0.402. The smallest absolute Gasteiger partial charge is 0.243 e. The fourth-order valence-electron chi connectivity index (χ4n) is 3.03. The Morgan fingerprint density at radius 2 is 2.25 bits per heavy atom. The minimum absolute atomic E-state index is 0.0565. The van der Waals surface area contributed by atoms with Gasteiger partial charge in [0.25, 0.3) is 0 Å². The Labute approximate surface area is 119 Å². The lowest BCUT2D eigenvalue weighted by Crippen LogP contribution is -2.51. The molecule has 0 bridgehead atoms. The largest absolute Gasteiger partial charge is 0.391 e. The number of hydrogen-bond donors (Lipinski definition) is 3. The third-order valence-corrected chi connectivity index (χ3v) is 4.19. The normalized spacial score (nSPS) is 28.2. The van der Waals surface area contributed by atoms with Crippen LogP contribution in [0.5, 0.6) is 0 Å². The average molecular weight is 283 g/mol. The van der Waals surface area contributed by atoms with Crippen molar-refractivity contribution in [1.82, 2.24) is 15.5 Å². The van der Waals surface area contributed by atoms with Gasteiger partial charge in [0.15, 0.2) is 0 Å². The van der Waals surface area contributed by atoms with Crippen molar-refractivity contribution in [2.24, 2.45) is 11.8 Å². The molecule has 0 saturated carbocycles. The van der Waals surface area contributed by atoms with E-state index in [2.05, 4.69) is 10.6 Å². The third kappa shape index (κ3) is 3.30. The first-order valence-electron chi connectivity index (χ1n) is 7.46. The molecule has 2 aliphatic rings. The number of likely N-dealkylation sites (tertiary alicyclic amines) is 1. The summed E-state index contributed by atoms with van der Waals surface area (Å²) in [5, 5.41) is 15.7. The summed E-state index contributed by atoms with van der Waals surface area (Å²) in [6, 6.07) is -0.392. The molecule has 3 atom stereocenters. The van der Waals surface area contributed by atoms with Crippen molar-refractivity contribution in [3.63, 3.8) is 0 Å². The Morgan fingerprint density at radius 1 is 1.50 bits per heavy atom. The number of carbonyl (C=O) groups excluding carboxylic acids is 2. The molecule has 2 saturated heterocycles. The van der Waals surface area contributed by atoms with E-state index < -0.39 is 12.1 Å². The van der Waals surface area contributed by atoms with E-state index in [0.29, 0.717) is 26.1 Å². The van der Waals surface area contributed by atoms with Crippen LogP contribution in [-0.2, 0) is 9.59 Å². The van der Waals surface area contributed by atoms with Gasteiger partial charge in [-0.05, 0) is 12.3 Å².